The van der Waals surface area contributed by atoms with Gasteiger partial charge in [-0.05, 0) is 30.7 Å². The minimum atomic E-state index is 0.331. The standard InChI is InChI=1S/C15H11NO2/c1-10-4-5-11-3-2-8-16-15(11)14(10)13-7-6-12(9-17)18-13/h2-9H,1H3. The summed E-state index contributed by atoms with van der Waals surface area (Å²) in [4.78, 5) is 15.1. The zero-order valence-electron chi connectivity index (χ0n) is 9.88. The second-order valence-corrected chi connectivity index (χ2v) is 4.15. The first kappa shape index (κ1) is 10.7. The zero-order chi connectivity index (χ0) is 12.5. The van der Waals surface area contributed by atoms with Crippen LogP contribution in [0.4, 0.5) is 0 Å². The van der Waals surface area contributed by atoms with E-state index >= 15 is 0 Å². The first-order valence-corrected chi connectivity index (χ1v) is 5.69. The predicted molar refractivity (Wildman–Crippen MR) is 69.6 cm³/mol. The van der Waals surface area contributed by atoms with Gasteiger partial charge < -0.3 is 4.42 Å². The van der Waals surface area contributed by atoms with Crippen LogP contribution in [0, 0.1) is 6.92 Å². The quantitative estimate of drug-likeness (QED) is 0.639. The molecule has 3 aromatic rings. The van der Waals surface area contributed by atoms with Gasteiger partial charge >= 0.3 is 0 Å². The molecule has 0 radical (unpaired) electrons. The van der Waals surface area contributed by atoms with Crippen LogP contribution in [0.5, 0.6) is 0 Å². The number of rotatable bonds is 2. The molecule has 0 aliphatic rings. The number of nitrogens with zero attached hydrogens (tertiary/aromatic N) is 1. The van der Waals surface area contributed by atoms with Crippen molar-refractivity contribution < 1.29 is 9.21 Å². The number of carbonyl (C=O) groups is 1. The number of aryl methyl sites for hydroxylation is 1. The van der Waals surface area contributed by atoms with E-state index in [0.29, 0.717) is 17.8 Å². The molecule has 0 bridgehead atoms. The molecule has 0 aliphatic heterocycles. The lowest BCUT2D eigenvalue weighted by atomic mass is 10.0. The van der Waals surface area contributed by atoms with Gasteiger partial charge in [0.15, 0.2) is 12.0 Å². The third-order valence-electron chi connectivity index (χ3n) is 2.97. The second-order valence-electron chi connectivity index (χ2n) is 4.15. The first-order chi connectivity index (χ1) is 8.79. The number of aromatic nitrogens is 1. The fraction of sp³-hybridized carbons (Fsp3) is 0.0667. The maximum Gasteiger partial charge on any atom is 0.185 e. The Kier molecular flexibility index (Phi) is 2.45. The van der Waals surface area contributed by atoms with E-state index in [1.54, 1.807) is 18.3 Å². The molecule has 0 N–H and O–H groups in total. The van der Waals surface area contributed by atoms with Gasteiger partial charge in [-0.3, -0.25) is 9.78 Å². The topological polar surface area (TPSA) is 43.1 Å². The summed E-state index contributed by atoms with van der Waals surface area (Å²) in [5, 5.41) is 1.06. The molecule has 0 aliphatic carbocycles. The molecule has 0 fully saturated rings. The van der Waals surface area contributed by atoms with Crippen molar-refractivity contribution in [3.05, 3.63) is 53.9 Å². The van der Waals surface area contributed by atoms with Crippen LogP contribution < -0.4 is 0 Å². The number of hydrogen-bond donors (Lipinski definition) is 0. The Morgan fingerprint density at radius 2 is 2.06 bits per heavy atom. The van der Waals surface area contributed by atoms with E-state index in [2.05, 4.69) is 4.98 Å². The Morgan fingerprint density at radius 1 is 1.17 bits per heavy atom. The van der Waals surface area contributed by atoms with Gasteiger partial charge in [-0.2, -0.15) is 0 Å². The van der Waals surface area contributed by atoms with Gasteiger partial charge in [0.05, 0.1) is 5.52 Å². The highest BCUT2D eigenvalue weighted by Gasteiger charge is 2.12. The number of carbonyl (C=O) groups excluding carboxylic acids is 1. The van der Waals surface area contributed by atoms with E-state index in [9.17, 15) is 4.79 Å². The fourth-order valence-electron chi connectivity index (χ4n) is 2.11. The van der Waals surface area contributed by atoms with Crippen molar-refractivity contribution in [2.75, 3.05) is 0 Å². The minimum Gasteiger partial charge on any atom is -0.453 e. The largest absolute Gasteiger partial charge is 0.453 e. The van der Waals surface area contributed by atoms with Crippen LogP contribution in [0.1, 0.15) is 16.1 Å². The molecule has 2 aromatic heterocycles. The Morgan fingerprint density at radius 3 is 2.83 bits per heavy atom. The van der Waals surface area contributed by atoms with E-state index in [1.807, 2.05) is 31.2 Å². The molecule has 0 amide bonds. The van der Waals surface area contributed by atoms with Crippen LogP contribution in [-0.2, 0) is 0 Å². The molecule has 0 spiro atoms. The van der Waals surface area contributed by atoms with Crippen LogP contribution >= 0.6 is 0 Å². The van der Waals surface area contributed by atoms with Crippen molar-refractivity contribution in [1.29, 1.82) is 0 Å². The van der Waals surface area contributed by atoms with E-state index in [-0.39, 0.29) is 0 Å². The van der Waals surface area contributed by atoms with Crippen LogP contribution in [0.3, 0.4) is 0 Å². The first-order valence-electron chi connectivity index (χ1n) is 5.69. The van der Waals surface area contributed by atoms with Crippen molar-refractivity contribution in [3.63, 3.8) is 0 Å². The van der Waals surface area contributed by atoms with Crippen molar-refractivity contribution in [2.45, 2.75) is 6.92 Å². The molecule has 0 unspecified atom stereocenters. The summed E-state index contributed by atoms with van der Waals surface area (Å²) in [7, 11) is 0. The Hall–Kier alpha value is -2.42. The lowest BCUT2D eigenvalue weighted by Crippen LogP contribution is -1.87. The highest BCUT2D eigenvalue weighted by Crippen LogP contribution is 2.31. The average molecular weight is 237 g/mol. The summed E-state index contributed by atoms with van der Waals surface area (Å²) >= 11 is 0. The third kappa shape index (κ3) is 1.61. The molecular weight excluding hydrogens is 226 g/mol. The SMILES string of the molecule is Cc1ccc2cccnc2c1-c1ccc(C=O)o1. The van der Waals surface area contributed by atoms with Gasteiger partial charge in [-0.15, -0.1) is 0 Å². The van der Waals surface area contributed by atoms with E-state index in [4.69, 9.17) is 4.42 Å². The van der Waals surface area contributed by atoms with Gasteiger partial charge in [0, 0.05) is 17.1 Å². The Bertz CT molecular complexity index is 728. The molecule has 3 rings (SSSR count). The van der Waals surface area contributed by atoms with Gasteiger partial charge in [0.25, 0.3) is 0 Å². The minimum absolute atomic E-state index is 0.331. The van der Waals surface area contributed by atoms with Crippen LogP contribution in [0.2, 0.25) is 0 Å². The van der Waals surface area contributed by atoms with Crippen LogP contribution in [-0.4, -0.2) is 11.3 Å². The zero-order valence-corrected chi connectivity index (χ0v) is 9.88. The molecule has 0 atom stereocenters. The normalized spacial score (nSPS) is 10.7. The summed E-state index contributed by atoms with van der Waals surface area (Å²) in [5.74, 6) is 1.01. The molecule has 0 saturated carbocycles. The molecular formula is C15H11NO2. The van der Waals surface area contributed by atoms with Crippen molar-refractivity contribution >= 4 is 17.2 Å². The lowest BCUT2D eigenvalue weighted by Gasteiger charge is -2.06. The van der Waals surface area contributed by atoms with Gasteiger partial charge in [0.2, 0.25) is 0 Å². The maximum atomic E-state index is 10.7. The highest BCUT2D eigenvalue weighted by molar-refractivity contribution is 5.94. The molecule has 3 heteroatoms. The molecule has 88 valence electrons. The smallest absolute Gasteiger partial charge is 0.185 e. The summed E-state index contributed by atoms with van der Waals surface area (Å²) < 4.78 is 5.50. The van der Waals surface area contributed by atoms with Gasteiger partial charge in [-0.25, -0.2) is 0 Å². The van der Waals surface area contributed by atoms with Gasteiger partial charge in [-0.1, -0.05) is 18.2 Å². The molecule has 0 saturated heterocycles. The molecule has 18 heavy (non-hydrogen) atoms. The van der Waals surface area contributed by atoms with E-state index < -0.39 is 0 Å². The second kappa shape index (κ2) is 4.11. The number of fused-ring (bicyclic) bond motifs is 1. The van der Waals surface area contributed by atoms with E-state index in [1.165, 1.54) is 0 Å². The lowest BCUT2D eigenvalue weighted by molar-refractivity contribution is 0.110. The third-order valence-corrected chi connectivity index (χ3v) is 2.97. The van der Waals surface area contributed by atoms with Crippen molar-refractivity contribution in [1.82, 2.24) is 4.98 Å². The molecule has 3 nitrogen and oxygen atoms in total. The van der Waals surface area contributed by atoms with Gasteiger partial charge in [0.1, 0.15) is 5.76 Å². The summed E-state index contributed by atoms with van der Waals surface area (Å²) in [6, 6.07) is 11.5. The monoisotopic (exact) mass is 237 g/mol. The molecule has 2 heterocycles. The summed E-state index contributed by atoms with van der Waals surface area (Å²) in [6.07, 6.45) is 2.46. The number of pyridine rings is 1. The summed E-state index contributed by atoms with van der Waals surface area (Å²) in [5.41, 5.74) is 2.92. The highest BCUT2D eigenvalue weighted by atomic mass is 16.3. The Labute approximate surface area is 104 Å². The van der Waals surface area contributed by atoms with Crippen LogP contribution in [0.15, 0.2) is 47.0 Å². The van der Waals surface area contributed by atoms with Crippen molar-refractivity contribution in [3.8, 4) is 11.3 Å². The van der Waals surface area contributed by atoms with Crippen molar-refractivity contribution in [2.24, 2.45) is 0 Å². The van der Waals surface area contributed by atoms with E-state index in [0.717, 1.165) is 22.0 Å². The number of furan rings is 1. The predicted octanol–water partition coefficient (Wildman–Crippen LogP) is 3.62. The Balaban J connectivity index is 2.33. The average Bonchev–Trinajstić information content (AvgIpc) is 2.87. The fourth-order valence-corrected chi connectivity index (χ4v) is 2.11. The summed E-state index contributed by atoms with van der Waals surface area (Å²) in [6.45, 7) is 2.01. The maximum absolute atomic E-state index is 10.7. The molecule has 1 aromatic carbocycles. The van der Waals surface area contributed by atoms with Crippen LogP contribution in [0.25, 0.3) is 22.2 Å². The number of aldehydes is 1. The number of hydrogen-bond acceptors (Lipinski definition) is 3. The number of benzene rings is 1.